The van der Waals surface area contributed by atoms with E-state index in [9.17, 15) is 9.59 Å². The molecule has 1 aromatic heterocycles. The second kappa shape index (κ2) is 15.8. The van der Waals surface area contributed by atoms with Gasteiger partial charge in [-0.05, 0) is 25.0 Å². The van der Waals surface area contributed by atoms with Gasteiger partial charge in [0.25, 0.3) is 0 Å². The van der Waals surface area contributed by atoms with Crippen molar-refractivity contribution in [1.82, 2.24) is 19.9 Å². The number of ether oxygens (including phenoxy) is 5. The summed E-state index contributed by atoms with van der Waals surface area (Å²) in [4.78, 5) is 30.0. The first-order valence-electron chi connectivity index (χ1n) is 13.0. The first-order chi connectivity index (χ1) is 18.8. The van der Waals surface area contributed by atoms with Crippen LogP contribution in [0.1, 0.15) is 40.0 Å². The molecule has 3 rings (SSSR count). The minimum atomic E-state index is -0.508. The smallest absolute Gasteiger partial charge is 0.325 e. The number of carbonyl (C=O) groups is 2. The molecule has 1 saturated heterocycles. The Morgan fingerprint density at radius 3 is 2.72 bits per heavy atom. The zero-order chi connectivity index (χ0) is 28.2. The highest BCUT2D eigenvalue weighted by Crippen LogP contribution is 2.34. The lowest BCUT2D eigenvalue weighted by Gasteiger charge is -2.43. The first kappa shape index (κ1) is 30.8. The molecule has 12 nitrogen and oxygen atoms in total. The van der Waals surface area contributed by atoms with E-state index in [2.05, 4.69) is 32.8 Å². The van der Waals surface area contributed by atoms with E-state index in [1.54, 1.807) is 11.8 Å². The monoisotopic (exact) mass is 566 g/mol. The van der Waals surface area contributed by atoms with Gasteiger partial charge in [-0.2, -0.15) is 0 Å². The molecule has 0 spiro atoms. The molecule has 0 aliphatic carbocycles. The van der Waals surface area contributed by atoms with Gasteiger partial charge < -0.3 is 28.5 Å². The third-order valence-corrected chi connectivity index (χ3v) is 6.65. The van der Waals surface area contributed by atoms with Crippen molar-refractivity contribution < 1.29 is 38.1 Å². The van der Waals surface area contributed by atoms with E-state index in [4.69, 9.17) is 23.7 Å². The molecule has 3 unspecified atom stereocenters. The van der Waals surface area contributed by atoms with E-state index in [1.165, 1.54) is 6.92 Å². The van der Waals surface area contributed by atoms with Crippen LogP contribution < -0.4 is 9.62 Å². The zero-order valence-corrected chi connectivity index (χ0v) is 23.7. The van der Waals surface area contributed by atoms with Crippen LogP contribution in [0, 0.1) is 11.8 Å². The molecule has 216 valence electrons. The SMILES string of the molecule is COCCOc1cccc(-c2cn(CC3OC(OCCCCC(=O)ONS)C(C)[C@@H](C)[C@H]3OC(C)=O)nn2)c1. The number of nitrogens with one attached hydrogen (secondary N) is 1. The summed E-state index contributed by atoms with van der Waals surface area (Å²) < 4.78 is 30.4. The molecular weight excluding hydrogens is 528 g/mol. The maximum Gasteiger partial charge on any atom is 0.325 e. The molecule has 0 saturated carbocycles. The Bertz CT molecular complexity index is 1050. The number of aromatic nitrogens is 3. The van der Waals surface area contributed by atoms with Gasteiger partial charge in [-0.15, -0.1) is 5.10 Å². The number of benzene rings is 1. The van der Waals surface area contributed by atoms with Gasteiger partial charge in [0.2, 0.25) is 0 Å². The van der Waals surface area contributed by atoms with Crippen molar-refractivity contribution in [3.63, 3.8) is 0 Å². The Morgan fingerprint density at radius 2 is 1.97 bits per heavy atom. The summed E-state index contributed by atoms with van der Waals surface area (Å²) in [5, 5.41) is 8.60. The summed E-state index contributed by atoms with van der Waals surface area (Å²) in [6.07, 6.45) is 1.84. The number of esters is 1. The molecule has 1 N–H and O–H groups in total. The van der Waals surface area contributed by atoms with E-state index in [0.29, 0.717) is 50.7 Å². The zero-order valence-electron chi connectivity index (χ0n) is 22.8. The lowest BCUT2D eigenvalue weighted by molar-refractivity contribution is -0.269. The molecule has 39 heavy (non-hydrogen) atoms. The molecule has 1 fully saturated rings. The predicted octanol–water partition coefficient (Wildman–Crippen LogP) is 2.98. The molecule has 0 radical (unpaired) electrons. The molecule has 0 bridgehead atoms. The van der Waals surface area contributed by atoms with Crippen LogP contribution >= 0.6 is 12.8 Å². The van der Waals surface area contributed by atoms with Gasteiger partial charge in [0.05, 0.1) is 19.3 Å². The van der Waals surface area contributed by atoms with Crippen LogP contribution in [0.25, 0.3) is 11.3 Å². The highest BCUT2D eigenvalue weighted by atomic mass is 32.1. The highest BCUT2D eigenvalue weighted by molar-refractivity contribution is 7.77. The van der Waals surface area contributed by atoms with E-state index in [-0.39, 0.29) is 30.2 Å². The Balaban J connectivity index is 1.64. The fourth-order valence-corrected chi connectivity index (χ4v) is 4.44. The van der Waals surface area contributed by atoms with E-state index >= 15 is 0 Å². The van der Waals surface area contributed by atoms with Gasteiger partial charge >= 0.3 is 11.9 Å². The maximum absolute atomic E-state index is 11.9. The Morgan fingerprint density at radius 1 is 1.15 bits per heavy atom. The molecule has 1 aliphatic heterocycles. The van der Waals surface area contributed by atoms with Crippen LogP contribution in [0.15, 0.2) is 30.5 Å². The lowest BCUT2D eigenvalue weighted by atomic mass is 9.84. The highest BCUT2D eigenvalue weighted by Gasteiger charge is 2.44. The second-order valence-electron chi connectivity index (χ2n) is 9.42. The van der Waals surface area contributed by atoms with Crippen LogP contribution in [-0.2, 0) is 39.9 Å². The largest absolute Gasteiger partial charge is 0.491 e. The quantitative estimate of drug-likeness (QED) is 0.143. The molecular formula is C26H38N4O8S. The number of thiol groups is 1. The van der Waals surface area contributed by atoms with Crippen molar-refractivity contribution in [3.05, 3.63) is 30.5 Å². The number of hydrogen-bond donors (Lipinski definition) is 2. The Labute approximate surface area is 234 Å². The van der Waals surface area contributed by atoms with Gasteiger partial charge in [-0.3, -0.25) is 9.59 Å². The minimum absolute atomic E-state index is 0.0296. The average molecular weight is 567 g/mol. The molecule has 0 amide bonds. The number of carbonyl (C=O) groups excluding carboxylic acids is 2. The van der Waals surface area contributed by atoms with Crippen LogP contribution in [-0.4, -0.2) is 72.4 Å². The van der Waals surface area contributed by atoms with Crippen molar-refractivity contribution in [2.45, 2.75) is 65.1 Å². The van der Waals surface area contributed by atoms with Crippen LogP contribution in [0.4, 0.5) is 0 Å². The molecule has 1 aromatic carbocycles. The maximum atomic E-state index is 11.9. The van der Waals surface area contributed by atoms with Gasteiger partial charge in [0.15, 0.2) is 6.29 Å². The summed E-state index contributed by atoms with van der Waals surface area (Å²) in [6.45, 7) is 7.08. The minimum Gasteiger partial charge on any atom is -0.491 e. The fraction of sp³-hybridized carbons (Fsp3) is 0.615. The number of unbranched alkanes of at least 4 members (excludes halogenated alkanes) is 1. The second-order valence-corrected chi connectivity index (χ2v) is 9.61. The summed E-state index contributed by atoms with van der Waals surface area (Å²) in [6, 6.07) is 7.59. The normalized spacial score (nSPS) is 22.8. The number of methoxy groups -OCH3 is 1. The van der Waals surface area contributed by atoms with Crippen LogP contribution in [0.2, 0.25) is 0 Å². The standard InChI is InChI=1S/C26H38N4O8S/c1-17-18(2)26(35-11-6-5-10-24(32)38-29-39)37-23(25(17)36-19(3)31)16-30-15-22(27-28-30)20-8-7-9-21(14-20)34-13-12-33-4/h7-9,14-15,17-18,23,25-26,29,39H,5-6,10-13,16H2,1-4H3/t17-,18?,23?,25-,26?/m1/s1. The van der Waals surface area contributed by atoms with Crippen LogP contribution in [0.5, 0.6) is 5.75 Å². The van der Waals surface area contributed by atoms with Gasteiger partial charge in [-0.25, -0.2) is 4.68 Å². The molecule has 1 aliphatic rings. The summed E-state index contributed by atoms with van der Waals surface area (Å²) in [7, 11) is 1.63. The summed E-state index contributed by atoms with van der Waals surface area (Å²) in [5.41, 5.74) is 1.53. The molecule has 2 heterocycles. The van der Waals surface area contributed by atoms with E-state index in [1.807, 2.05) is 44.3 Å². The Hall–Kier alpha value is -2.71. The van der Waals surface area contributed by atoms with Crippen molar-refractivity contribution >= 4 is 24.8 Å². The van der Waals surface area contributed by atoms with E-state index < -0.39 is 18.5 Å². The molecule has 5 atom stereocenters. The topological polar surface area (TPSA) is 132 Å². The molecule has 13 heteroatoms. The number of nitrogens with zero attached hydrogens (tertiary/aromatic N) is 3. The van der Waals surface area contributed by atoms with Gasteiger partial charge in [0.1, 0.15) is 30.3 Å². The van der Waals surface area contributed by atoms with Crippen molar-refractivity contribution in [1.29, 1.82) is 0 Å². The van der Waals surface area contributed by atoms with Crippen molar-refractivity contribution in [2.75, 3.05) is 26.9 Å². The predicted molar refractivity (Wildman–Crippen MR) is 143 cm³/mol. The number of rotatable bonds is 15. The summed E-state index contributed by atoms with van der Waals surface area (Å²) >= 11 is 3.64. The fourth-order valence-electron chi connectivity index (χ4n) is 4.34. The van der Waals surface area contributed by atoms with Crippen molar-refractivity contribution in [3.8, 4) is 17.0 Å². The van der Waals surface area contributed by atoms with Crippen molar-refractivity contribution in [2.24, 2.45) is 11.8 Å². The first-order valence-corrected chi connectivity index (χ1v) is 13.4. The Kier molecular flexibility index (Phi) is 12.5. The third kappa shape index (κ3) is 9.46. The molecule has 2 aromatic rings. The average Bonchev–Trinajstić information content (AvgIpc) is 3.38. The third-order valence-electron chi connectivity index (χ3n) is 6.56. The lowest BCUT2D eigenvalue weighted by Crippen LogP contribution is -2.53. The summed E-state index contributed by atoms with van der Waals surface area (Å²) in [5.74, 6) is -0.112. The van der Waals surface area contributed by atoms with Gasteiger partial charge in [0, 0.05) is 44.5 Å². The number of hydrogen-bond acceptors (Lipinski definition) is 12. The van der Waals surface area contributed by atoms with E-state index in [0.717, 1.165) is 5.56 Å². The van der Waals surface area contributed by atoms with Crippen LogP contribution in [0.3, 0.4) is 0 Å². The van der Waals surface area contributed by atoms with Gasteiger partial charge in [-0.1, -0.05) is 48.9 Å².